The van der Waals surface area contributed by atoms with Crippen LogP contribution in [0.25, 0.3) is 0 Å². The van der Waals surface area contributed by atoms with Gasteiger partial charge in [0, 0.05) is 6.54 Å². The van der Waals surface area contributed by atoms with E-state index in [4.69, 9.17) is 23.2 Å². The smallest absolute Gasteiger partial charge is 0.0637 e. The molecule has 0 aliphatic heterocycles. The summed E-state index contributed by atoms with van der Waals surface area (Å²) < 4.78 is 0. The predicted octanol–water partition coefficient (Wildman–Crippen LogP) is 5.01. The van der Waals surface area contributed by atoms with Crippen molar-refractivity contribution in [3.8, 4) is 0 Å². The maximum atomic E-state index is 6.12. The molecule has 1 N–H and O–H groups in total. The fraction of sp³-hybridized carbons (Fsp3) is 0.571. The molecular weight excluding hydrogens is 285 g/mol. The molecule has 0 fully saturated rings. The van der Waals surface area contributed by atoms with Gasteiger partial charge in [-0.05, 0) is 43.0 Å². The second-order valence-electron chi connectivity index (χ2n) is 4.30. The van der Waals surface area contributed by atoms with Crippen molar-refractivity contribution < 1.29 is 0 Å². The largest absolute Gasteiger partial charge is 0.313 e. The van der Waals surface area contributed by atoms with Crippen LogP contribution in [0.5, 0.6) is 0 Å². The van der Waals surface area contributed by atoms with Crippen LogP contribution in [0.3, 0.4) is 0 Å². The SMILES string of the molecule is CSCCCCCCNCc1cccc(Cl)c1Cl. The molecule has 4 heteroatoms. The van der Waals surface area contributed by atoms with Gasteiger partial charge in [0.2, 0.25) is 0 Å². The van der Waals surface area contributed by atoms with Crippen molar-refractivity contribution in [2.24, 2.45) is 0 Å². The van der Waals surface area contributed by atoms with Crippen LogP contribution in [0.1, 0.15) is 31.2 Å². The van der Waals surface area contributed by atoms with Crippen LogP contribution in [0.15, 0.2) is 18.2 Å². The third-order valence-electron chi connectivity index (χ3n) is 2.80. The Hall–Kier alpha value is 0.110. The minimum absolute atomic E-state index is 0.632. The first-order valence-corrected chi connectivity index (χ1v) is 8.53. The molecule has 0 atom stereocenters. The van der Waals surface area contributed by atoms with Crippen LogP contribution >= 0.6 is 35.0 Å². The second-order valence-corrected chi connectivity index (χ2v) is 6.07. The normalized spacial score (nSPS) is 10.8. The number of thioether (sulfide) groups is 1. The Morgan fingerprint density at radius 3 is 2.67 bits per heavy atom. The summed E-state index contributed by atoms with van der Waals surface area (Å²) in [5.41, 5.74) is 1.08. The molecule has 0 saturated heterocycles. The molecular formula is C14H21Cl2NS. The summed E-state index contributed by atoms with van der Waals surface area (Å²) in [5.74, 6) is 1.28. The quantitative estimate of drug-likeness (QED) is 0.644. The van der Waals surface area contributed by atoms with Gasteiger partial charge in [0.05, 0.1) is 10.0 Å². The Morgan fingerprint density at radius 2 is 1.89 bits per heavy atom. The van der Waals surface area contributed by atoms with Gasteiger partial charge in [-0.1, -0.05) is 48.2 Å². The van der Waals surface area contributed by atoms with Crippen molar-refractivity contribution in [3.63, 3.8) is 0 Å². The number of hydrogen-bond donors (Lipinski definition) is 1. The molecule has 0 heterocycles. The lowest BCUT2D eigenvalue weighted by Gasteiger charge is -2.07. The summed E-state index contributed by atoms with van der Waals surface area (Å²) in [5, 5.41) is 4.72. The van der Waals surface area contributed by atoms with E-state index in [2.05, 4.69) is 11.6 Å². The molecule has 1 rings (SSSR count). The van der Waals surface area contributed by atoms with Gasteiger partial charge < -0.3 is 5.32 Å². The van der Waals surface area contributed by atoms with Crippen LogP contribution in [-0.2, 0) is 6.54 Å². The first-order valence-electron chi connectivity index (χ1n) is 6.38. The first-order chi connectivity index (χ1) is 8.75. The van der Waals surface area contributed by atoms with Gasteiger partial charge >= 0.3 is 0 Å². The van der Waals surface area contributed by atoms with E-state index in [0.29, 0.717) is 10.0 Å². The molecule has 18 heavy (non-hydrogen) atoms. The summed E-state index contributed by atoms with van der Waals surface area (Å²) in [6, 6.07) is 5.77. The molecule has 0 unspecified atom stereocenters. The molecule has 1 nitrogen and oxygen atoms in total. The summed E-state index contributed by atoms with van der Waals surface area (Å²) in [4.78, 5) is 0. The van der Waals surface area contributed by atoms with Crippen LogP contribution < -0.4 is 5.32 Å². The van der Waals surface area contributed by atoms with E-state index in [0.717, 1.165) is 18.7 Å². The van der Waals surface area contributed by atoms with Gasteiger partial charge in [-0.2, -0.15) is 11.8 Å². The summed E-state index contributed by atoms with van der Waals surface area (Å²) >= 11 is 14.0. The van der Waals surface area contributed by atoms with Gasteiger partial charge in [0.25, 0.3) is 0 Å². The van der Waals surface area contributed by atoms with Crippen molar-refractivity contribution >= 4 is 35.0 Å². The van der Waals surface area contributed by atoms with Gasteiger partial charge in [-0.15, -0.1) is 0 Å². The van der Waals surface area contributed by atoms with Crippen LogP contribution in [-0.4, -0.2) is 18.6 Å². The highest BCUT2D eigenvalue weighted by atomic mass is 35.5. The van der Waals surface area contributed by atoms with Crippen molar-refractivity contribution in [2.75, 3.05) is 18.6 Å². The molecule has 0 amide bonds. The molecule has 102 valence electrons. The minimum atomic E-state index is 0.632. The molecule has 0 bridgehead atoms. The standard InChI is InChI=1S/C14H21Cl2NS/c1-18-10-5-3-2-4-9-17-11-12-7-6-8-13(15)14(12)16/h6-8,17H,2-5,9-11H2,1H3. The second kappa shape index (κ2) is 9.96. The van der Waals surface area contributed by atoms with E-state index in [1.54, 1.807) is 0 Å². The lowest BCUT2D eigenvalue weighted by molar-refractivity contribution is 0.599. The highest BCUT2D eigenvalue weighted by Crippen LogP contribution is 2.25. The summed E-state index contributed by atoms with van der Waals surface area (Å²) in [6.45, 7) is 1.84. The van der Waals surface area contributed by atoms with E-state index < -0.39 is 0 Å². The zero-order chi connectivity index (χ0) is 13.2. The van der Waals surface area contributed by atoms with Crippen LogP contribution in [0.2, 0.25) is 10.0 Å². The molecule has 0 saturated carbocycles. The van der Waals surface area contributed by atoms with E-state index in [1.807, 2.05) is 30.0 Å². The van der Waals surface area contributed by atoms with E-state index in [9.17, 15) is 0 Å². The molecule has 0 aromatic heterocycles. The highest BCUT2D eigenvalue weighted by molar-refractivity contribution is 7.98. The topological polar surface area (TPSA) is 12.0 Å². The lowest BCUT2D eigenvalue weighted by Crippen LogP contribution is -2.14. The maximum absolute atomic E-state index is 6.12. The van der Waals surface area contributed by atoms with Crippen molar-refractivity contribution in [3.05, 3.63) is 33.8 Å². The summed E-state index contributed by atoms with van der Waals surface area (Å²) in [6.07, 6.45) is 7.36. The Labute approximate surface area is 125 Å². The van der Waals surface area contributed by atoms with Gasteiger partial charge in [-0.3, -0.25) is 0 Å². The maximum Gasteiger partial charge on any atom is 0.0637 e. The van der Waals surface area contributed by atoms with Crippen molar-refractivity contribution in [2.45, 2.75) is 32.2 Å². The average Bonchev–Trinajstić information content (AvgIpc) is 2.37. The predicted molar refractivity (Wildman–Crippen MR) is 85.0 cm³/mol. The van der Waals surface area contributed by atoms with Crippen molar-refractivity contribution in [1.82, 2.24) is 5.32 Å². The van der Waals surface area contributed by atoms with E-state index >= 15 is 0 Å². The van der Waals surface area contributed by atoms with E-state index in [-0.39, 0.29) is 0 Å². The molecule has 0 aliphatic rings. The fourth-order valence-electron chi connectivity index (χ4n) is 1.76. The molecule has 0 spiro atoms. The van der Waals surface area contributed by atoms with Gasteiger partial charge in [-0.25, -0.2) is 0 Å². The number of unbranched alkanes of at least 4 members (excludes halogenated alkanes) is 3. The van der Waals surface area contributed by atoms with Gasteiger partial charge in [0.1, 0.15) is 0 Å². The Morgan fingerprint density at radius 1 is 1.11 bits per heavy atom. The first kappa shape index (κ1) is 16.2. The molecule has 0 radical (unpaired) electrons. The molecule has 0 aliphatic carbocycles. The number of benzene rings is 1. The fourth-order valence-corrected chi connectivity index (χ4v) is 2.64. The Balaban J connectivity index is 2.09. The average molecular weight is 306 g/mol. The van der Waals surface area contributed by atoms with Crippen molar-refractivity contribution in [1.29, 1.82) is 0 Å². The Kier molecular flexibility index (Phi) is 8.95. The van der Waals surface area contributed by atoms with Gasteiger partial charge in [0.15, 0.2) is 0 Å². The number of hydrogen-bond acceptors (Lipinski definition) is 2. The van der Waals surface area contributed by atoms with Crippen LogP contribution in [0, 0.1) is 0 Å². The Bertz CT molecular complexity index is 345. The molecule has 1 aromatic carbocycles. The zero-order valence-electron chi connectivity index (χ0n) is 10.8. The monoisotopic (exact) mass is 305 g/mol. The van der Waals surface area contributed by atoms with E-state index in [1.165, 1.54) is 31.4 Å². The highest BCUT2D eigenvalue weighted by Gasteiger charge is 2.02. The third-order valence-corrected chi connectivity index (χ3v) is 4.35. The zero-order valence-corrected chi connectivity index (χ0v) is 13.2. The molecule has 1 aromatic rings. The van der Waals surface area contributed by atoms with Crippen LogP contribution in [0.4, 0.5) is 0 Å². The third kappa shape index (κ3) is 6.33. The number of halogens is 2. The minimum Gasteiger partial charge on any atom is -0.313 e. The summed E-state index contributed by atoms with van der Waals surface area (Å²) in [7, 11) is 0. The lowest BCUT2D eigenvalue weighted by atomic mass is 10.2. The number of rotatable bonds is 9. The number of nitrogens with one attached hydrogen (secondary N) is 1.